The van der Waals surface area contributed by atoms with Crippen molar-refractivity contribution in [1.29, 1.82) is 0 Å². The molecule has 0 unspecified atom stereocenters. The van der Waals surface area contributed by atoms with E-state index in [1.165, 1.54) is 24.6 Å². The van der Waals surface area contributed by atoms with Gasteiger partial charge in [-0.2, -0.15) is 0 Å². The third kappa shape index (κ3) is 10.8. The predicted molar refractivity (Wildman–Crippen MR) is 65.7 cm³/mol. The van der Waals surface area contributed by atoms with Gasteiger partial charge in [0.05, 0.1) is 0 Å². The van der Waals surface area contributed by atoms with Crippen molar-refractivity contribution in [1.82, 2.24) is 0 Å². The minimum absolute atomic E-state index is 0. The molecule has 0 amide bonds. The fourth-order valence-electron chi connectivity index (χ4n) is 1.36. The first-order valence-corrected chi connectivity index (χ1v) is 9.02. The predicted octanol–water partition coefficient (Wildman–Crippen LogP) is 4.02. The summed E-state index contributed by atoms with van der Waals surface area (Å²) in [4.78, 5) is 0. The van der Waals surface area contributed by atoms with Crippen LogP contribution in [-0.2, 0) is 44.8 Å². The fraction of sp³-hybridized carbons (Fsp3) is 1.00. The summed E-state index contributed by atoms with van der Waals surface area (Å²) in [6, 6.07) is 0. The molecule has 2 radical (unpaired) electrons. The molecule has 0 spiro atoms. The van der Waals surface area contributed by atoms with Gasteiger partial charge in [0.15, 0.2) is 0 Å². The van der Waals surface area contributed by atoms with Crippen molar-refractivity contribution in [2.45, 2.75) is 27.7 Å². The van der Waals surface area contributed by atoms with E-state index in [1.54, 1.807) is 12.3 Å². The largest absolute Gasteiger partial charge is 0.107 e. The van der Waals surface area contributed by atoms with Crippen LogP contribution in [0.1, 0.15) is 27.7 Å². The van der Waals surface area contributed by atoms with Crippen molar-refractivity contribution < 1.29 is 44.8 Å². The molecule has 0 aromatic rings. The minimum Gasteiger partial charge on any atom is -0.107 e. The Bertz CT molecular complexity index is 82.1. The molecule has 0 rings (SSSR count). The topological polar surface area (TPSA) is 0 Å². The smallest absolute Gasteiger partial charge is 0 e. The van der Waals surface area contributed by atoms with E-state index in [0.29, 0.717) is 15.8 Å². The molecule has 0 aliphatic rings. The summed E-state index contributed by atoms with van der Waals surface area (Å²) in [5, 5.41) is 0. The number of hydrogen-bond acceptors (Lipinski definition) is 0. The second-order valence-electron chi connectivity index (χ2n) is 3.05. The van der Waals surface area contributed by atoms with Crippen LogP contribution in [0.5, 0.6) is 0 Å². The first-order chi connectivity index (χ1) is 5.78. The normalized spacial score (nSPS) is 9.86. The molecule has 0 aliphatic heterocycles. The maximum absolute atomic E-state index is 2.36. The summed E-state index contributed by atoms with van der Waals surface area (Å²) in [5.41, 5.74) is 0. The number of rotatable bonds is 7. The maximum atomic E-state index is 2.36. The average molecular weight is 600 g/mol. The maximum Gasteiger partial charge on any atom is 0 e. The van der Waals surface area contributed by atoms with E-state index in [0.717, 1.165) is 0 Å². The fourth-order valence-corrected chi connectivity index (χ4v) is 5.78. The monoisotopic (exact) mass is 600 g/mol. The molecular formula is C10H24Au2P2. The molecule has 14 heavy (non-hydrogen) atoms. The molecule has 0 N–H and O–H groups in total. The zero-order valence-electron chi connectivity index (χ0n) is 9.74. The van der Waals surface area contributed by atoms with Gasteiger partial charge in [-0.25, -0.2) is 0 Å². The van der Waals surface area contributed by atoms with Crippen LogP contribution in [0.3, 0.4) is 0 Å². The number of hydrogen-bond donors (Lipinski definition) is 0. The van der Waals surface area contributed by atoms with Crippen molar-refractivity contribution in [2.24, 2.45) is 0 Å². The average Bonchev–Trinajstić information content (AvgIpc) is 2.13. The molecule has 96 valence electrons. The summed E-state index contributed by atoms with van der Waals surface area (Å²) in [5.74, 6) is 0. The molecule has 0 aromatic carbocycles. The zero-order valence-corrected chi connectivity index (χ0v) is 15.9. The molecule has 0 nitrogen and oxygen atoms in total. The van der Waals surface area contributed by atoms with Crippen molar-refractivity contribution in [2.75, 3.05) is 37.0 Å². The molecular weight excluding hydrogens is 576 g/mol. The van der Waals surface area contributed by atoms with E-state index in [4.69, 9.17) is 0 Å². The molecule has 0 fully saturated rings. The molecule has 0 aromatic heterocycles. The Hall–Kier alpha value is 2.34. The second-order valence-corrected chi connectivity index (χ2v) is 9.16. The van der Waals surface area contributed by atoms with E-state index < -0.39 is 0 Å². The Morgan fingerprint density at radius 3 is 0.929 bits per heavy atom. The quantitative estimate of drug-likeness (QED) is 0.306. The molecule has 0 saturated heterocycles. The van der Waals surface area contributed by atoms with Crippen LogP contribution < -0.4 is 0 Å². The van der Waals surface area contributed by atoms with E-state index in [1.807, 2.05) is 0 Å². The third-order valence-corrected chi connectivity index (χ3v) is 8.16. The minimum atomic E-state index is 0. The van der Waals surface area contributed by atoms with Crippen LogP contribution in [-0.4, -0.2) is 37.0 Å². The Morgan fingerprint density at radius 1 is 0.571 bits per heavy atom. The molecule has 0 saturated carbocycles. The van der Waals surface area contributed by atoms with E-state index in [-0.39, 0.29) is 44.8 Å². The van der Waals surface area contributed by atoms with Gasteiger partial charge in [0, 0.05) is 44.8 Å². The Balaban J connectivity index is -0.000000605. The molecule has 4 heteroatoms. The Labute approximate surface area is 124 Å². The van der Waals surface area contributed by atoms with E-state index in [2.05, 4.69) is 27.7 Å². The molecule has 0 atom stereocenters. The van der Waals surface area contributed by atoms with Crippen LogP contribution >= 0.6 is 15.8 Å². The van der Waals surface area contributed by atoms with Crippen molar-refractivity contribution in [3.63, 3.8) is 0 Å². The second kappa shape index (κ2) is 15.3. The summed E-state index contributed by atoms with van der Waals surface area (Å²) < 4.78 is 0. The van der Waals surface area contributed by atoms with Gasteiger partial charge in [-0.05, 0) is 37.0 Å². The van der Waals surface area contributed by atoms with Gasteiger partial charge >= 0.3 is 0 Å². The van der Waals surface area contributed by atoms with E-state index in [9.17, 15) is 0 Å². The standard InChI is InChI=1S/C10H24P2.2Au/c1-5-11(6-2)9-10-12(7-3)8-4;;/h5-10H2,1-4H3;;. The Morgan fingerprint density at radius 2 is 0.786 bits per heavy atom. The van der Waals surface area contributed by atoms with Crippen LogP contribution in [0, 0.1) is 0 Å². The Kier molecular flexibility index (Phi) is 23.7. The third-order valence-electron chi connectivity index (χ3n) is 2.52. The van der Waals surface area contributed by atoms with Gasteiger partial charge in [0.2, 0.25) is 0 Å². The summed E-state index contributed by atoms with van der Waals surface area (Å²) in [6.45, 7) is 9.43. The van der Waals surface area contributed by atoms with Gasteiger partial charge in [-0.1, -0.05) is 27.7 Å². The van der Waals surface area contributed by atoms with Gasteiger partial charge in [-0.15, -0.1) is 15.8 Å². The van der Waals surface area contributed by atoms with Crippen LogP contribution in [0.25, 0.3) is 0 Å². The molecule has 0 heterocycles. The SMILES string of the molecule is CCP(CC)CCP(CC)CC.[Au].[Au]. The van der Waals surface area contributed by atoms with Gasteiger partial charge in [0.1, 0.15) is 0 Å². The zero-order chi connectivity index (χ0) is 9.40. The van der Waals surface area contributed by atoms with Crippen LogP contribution in [0.2, 0.25) is 0 Å². The van der Waals surface area contributed by atoms with Gasteiger partial charge in [0.25, 0.3) is 0 Å². The molecule has 0 bridgehead atoms. The van der Waals surface area contributed by atoms with Gasteiger partial charge in [-0.3, -0.25) is 0 Å². The van der Waals surface area contributed by atoms with Crippen molar-refractivity contribution in [3.8, 4) is 0 Å². The summed E-state index contributed by atoms with van der Waals surface area (Å²) in [6.07, 6.45) is 8.89. The van der Waals surface area contributed by atoms with Gasteiger partial charge < -0.3 is 0 Å². The van der Waals surface area contributed by atoms with Crippen molar-refractivity contribution >= 4 is 15.8 Å². The first-order valence-electron chi connectivity index (χ1n) is 5.23. The summed E-state index contributed by atoms with van der Waals surface area (Å²) in [7, 11) is 0.832. The van der Waals surface area contributed by atoms with Crippen LogP contribution in [0.15, 0.2) is 0 Å². The first kappa shape index (κ1) is 21.6. The van der Waals surface area contributed by atoms with Crippen LogP contribution in [0.4, 0.5) is 0 Å². The molecule has 0 aliphatic carbocycles. The van der Waals surface area contributed by atoms with Crippen molar-refractivity contribution in [3.05, 3.63) is 0 Å². The summed E-state index contributed by atoms with van der Waals surface area (Å²) >= 11 is 0. The van der Waals surface area contributed by atoms with E-state index >= 15 is 0 Å².